The van der Waals surface area contributed by atoms with Gasteiger partial charge in [-0.15, -0.1) is 0 Å². The van der Waals surface area contributed by atoms with Crippen molar-refractivity contribution in [2.75, 3.05) is 5.32 Å². The Morgan fingerprint density at radius 3 is 2.10 bits per heavy atom. The molecule has 5 heteroatoms. The molecule has 0 radical (unpaired) electrons. The molecule has 2 aromatic carbocycles. The molecule has 0 fully saturated rings. The van der Waals surface area contributed by atoms with E-state index in [1.54, 1.807) is 36.4 Å². The smallest absolute Gasteiger partial charge is 0.335 e. The lowest BCUT2D eigenvalue weighted by Crippen LogP contribution is -2.10. The Kier molecular flexibility index (Phi) is 4.00. The van der Waals surface area contributed by atoms with Crippen LogP contribution in [0, 0.1) is 5.41 Å². The molecule has 0 heterocycles. The fraction of sp³-hybridized carbons (Fsp3) is 0.0667. The monoisotopic (exact) mass is 269 g/mol. The number of nitrogens with two attached hydrogens (primary N) is 1. The number of amidine groups is 1. The molecule has 0 spiro atoms. The van der Waals surface area contributed by atoms with E-state index >= 15 is 0 Å². The lowest BCUT2D eigenvalue weighted by Gasteiger charge is -2.07. The van der Waals surface area contributed by atoms with E-state index in [2.05, 4.69) is 5.32 Å². The summed E-state index contributed by atoms with van der Waals surface area (Å²) in [4.78, 5) is 10.7. The highest BCUT2D eigenvalue weighted by Crippen LogP contribution is 2.11. The first-order valence-electron chi connectivity index (χ1n) is 6.07. The van der Waals surface area contributed by atoms with Crippen molar-refractivity contribution in [3.63, 3.8) is 0 Å². The number of carboxylic acid groups (broad SMARTS) is 1. The van der Waals surface area contributed by atoms with Gasteiger partial charge in [0.05, 0.1) is 5.56 Å². The molecule has 0 saturated heterocycles. The predicted molar refractivity (Wildman–Crippen MR) is 78.2 cm³/mol. The van der Waals surface area contributed by atoms with Gasteiger partial charge in [-0.2, -0.15) is 0 Å². The van der Waals surface area contributed by atoms with Gasteiger partial charge in [0.2, 0.25) is 0 Å². The molecule has 5 nitrogen and oxygen atoms in total. The average Bonchev–Trinajstić information content (AvgIpc) is 2.46. The van der Waals surface area contributed by atoms with Gasteiger partial charge < -0.3 is 16.2 Å². The van der Waals surface area contributed by atoms with Gasteiger partial charge in [-0.3, -0.25) is 5.41 Å². The minimum absolute atomic E-state index is 0.0424. The van der Waals surface area contributed by atoms with Crippen LogP contribution in [0.3, 0.4) is 0 Å². The van der Waals surface area contributed by atoms with Crippen molar-refractivity contribution in [1.29, 1.82) is 5.41 Å². The Hall–Kier alpha value is -2.82. The third-order valence-corrected chi connectivity index (χ3v) is 2.89. The fourth-order valence-corrected chi connectivity index (χ4v) is 1.74. The maximum Gasteiger partial charge on any atom is 0.335 e. The Bertz CT molecular complexity index is 561. The largest absolute Gasteiger partial charge is 0.478 e. The van der Waals surface area contributed by atoms with Crippen molar-refractivity contribution in [3.05, 3.63) is 65.2 Å². The molecule has 2 aromatic rings. The molecule has 0 aliphatic rings. The second kappa shape index (κ2) is 5.88. The molecule has 0 bridgehead atoms. The summed E-state index contributed by atoms with van der Waals surface area (Å²) in [7, 11) is 0. The van der Waals surface area contributed by atoms with Crippen molar-refractivity contribution in [2.24, 2.45) is 5.73 Å². The summed E-state index contributed by atoms with van der Waals surface area (Å²) in [6.07, 6.45) is 0. The van der Waals surface area contributed by atoms with E-state index < -0.39 is 5.97 Å². The summed E-state index contributed by atoms with van der Waals surface area (Å²) in [5.41, 5.74) is 8.25. The SMILES string of the molecule is N=C(N)c1ccc(NCc2ccc(C(=O)O)cc2)cc1. The first-order chi connectivity index (χ1) is 9.56. The van der Waals surface area contributed by atoms with Crippen LogP contribution in [0.1, 0.15) is 21.5 Å². The topological polar surface area (TPSA) is 99.2 Å². The molecule has 0 aliphatic carbocycles. The van der Waals surface area contributed by atoms with Crippen molar-refractivity contribution < 1.29 is 9.90 Å². The Morgan fingerprint density at radius 1 is 1.05 bits per heavy atom. The standard InChI is InChI=1S/C15H15N3O2/c16-14(17)11-5-7-13(8-6-11)18-9-10-1-3-12(4-2-10)15(19)20/h1-8,18H,9H2,(H3,16,17)(H,19,20). The second-order valence-corrected chi connectivity index (χ2v) is 4.35. The maximum absolute atomic E-state index is 10.7. The van der Waals surface area contributed by atoms with Crippen LogP contribution in [-0.2, 0) is 6.54 Å². The molecule has 5 N–H and O–H groups in total. The second-order valence-electron chi connectivity index (χ2n) is 4.35. The molecule has 0 amide bonds. The van der Waals surface area contributed by atoms with Crippen molar-refractivity contribution in [3.8, 4) is 0 Å². The number of carboxylic acids is 1. The van der Waals surface area contributed by atoms with Crippen LogP contribution in [0.25, 0.3) is 0 Å². The minimum Gasteiger partial charge on any atom is -0.478 e. The van der Waals surface area contributed by atoms with Crippen LogP contribution >= 0.6 is 0 Å². The van der Waals surface area contributed by atoms with Crippen molar-refractivity contribution in [2.45, 2.75) is 6.54 Å². The summed E-state index contributed by atoms with van der Waals surface area (Å²) < 4.78 is 0. The van der Waals surface area contributed by atoms with Gasteiger partial charge in [0.15, 0.2) is 0 Å². The van der Waals surface area contributed by atoms with E-state index in [0.717, 1.165) is 11.3 Å². The molecule has 0 unspecified atom stereocenters. The van der Waals surface area contributed by atoms with Crippen LogP contribution in [0.4, 0.5) is 5.69 Å². The lowest BCUT2D eigenvalue weighted by molar-refractivity contribution is 0.0697. The van der Waals surface area contributed by atoms with E-state index in [4.69, 9.17) is 16.2 Å². The Labute approximate surface area is 116 Å². The fourth-order valence-electron chi connectivity index (χ4n) is 1.74. The zero-order valence-electron chi connectivity index (χ0n) is 10.8. The van der Waals surface area contributed by atoms with E-state index in [0.29, 0.717) is 12.1 Å². The number of rotatable bonds is 5. The Morgan fingerprint density at radius 2 is 1.60 bits per heavy atom. The van der Waals surface area contributed by atoms with Crippen LogP contribution in [0.15, 0.2) is 48.5 Å². The Balaban J connectivity index is 1.97. The number of anilines is 1. The molecule has 0 aromatic heterocycles. The normalized spacial score (nSPS) is 10.0. The number of aromatic carboxylic acids is 1. The third kappa shape index (κ3) is 3.35. The highest BCUT2D eigenvalue weighted by molar-refractivity contribution is 5.95. The van der Waals surface area contributed by atoms with Gasteiger partial charge in [-0.25, -0.2) is 4.79 Å². The minimum atomic E-state index is -0.927. The number of benzene rings is 2. The molecule has 0 aliphatic heterocycles. The molecule has 102 valence electrons. The summed E-state index contributed by atoms with van der Waals surface area (Å²) >= 11 is 0. The van der Waals surface area contributed by atoms with E-state index in [1.807, 2.05) is 12.1 Å². The molecule has 0 atom stereocenters. The van der Waals surface area contributed by atoms with E-state index in [1.165, 1.54) is 0 Å². The first-order valence-corrected chi connectivity index (χ1v) is 6.07. The van der Waals surface area contributed by atoms with E-state index in [9.17, 15) is 4.79 Å². The van der Waals surface area contributed by atoms with Gasteiger partial charge in [0.25, 0.3) is 0 Å². The lowest BCUT2D eigenvalue weighted by atomic mass is 10.1. The van der Waals surface area contributed by atoms with Crippen LogP contribution < -0.4 is 11.1 Å². The molecular formula is C15H15N3O2. The zero-order chi connectivity index (χ0) is 14.5. The highest BCUT2D eigenvalue weighted by atomic mass is 16.4. The number of nitrogens with one attached hydrogen (secondary N) is 2. The first kappa shape index (κ1) is 13.6. The maximum atomic E-state index is 10.7. The third-order valence-electron chi connectivity index (χ3n) is 2.89. The number of carbonyl (C=O) groups is 1. The van der Waals surface area contributed by atoms with Crippen molar-refractivity contribution >= 4 is 17.5 Å². The number of hydrogen-bond acceptors (Lipinski definition) is 3. The van der Waals surface area contributed by atoms with Crippen LogP contribution in [-0.4, -0.2) is 16.9 Å². The summed E-state index contributed by atoms with van der Waals surface area (Å²) in [6.45, 7) is 0.597. The zero-order valence-corrected chi connectivity index (χ0v) is 10.8. The number of hydrogen-bond donors (Lipinski definition) is 4. The summed E-state index contributed by atoms with van der Waals surface area (Å²) in [5, 5.41) is 19.3. The average molecular weight is 269 g/mol. The van der Waals surface area contributed by atoms with Crippen LogP contribution in [0.5, 0.6) is 0 Å². The van der Waals surface area contributed by atoms with Crippen LogP contribution in [0.2, 0.25) is 0 Å². The van der Waals surface area contributed by atoms with Gasteiger partial charge in [-0.05, 0) is 42.0 Å². The summed E-state index contributed by atoms with van der Waals surface area (Å²) in [6, 6.07) is 14.0. The highest BCUT2D eigenvalue weighted by Gasteiger charge is 2.02. The van der Waals surface area contributed by atoms with Gasteiger partial charge >= 0.3 is 5.97 Å². The molecule has 2 rings (SSSR count). The van der Waals surface area contributed by atoms with Crippen molar-refractivity contribution in [1.82, 2.24) is 0 Å². The predicted octanol–water partition coefficient (Wildman–Crippen LogP) is 2.28. The molecule has 0 saturated carbocycles. The van der Waals surface area contributed by atoms with Gasteiger partial charge in [0, 0.05) is 17.8 Å². The quantitative estimate of drug-likeness (QED) is 0.494. The molecule has 20 heavy (non-hydrogen) atoms. The van der Waals surface area contributed by atoms with Gasteiger partial charge in [0.1, 0.15) is 5.84 Å². The van der Waals surface area contributed by atoms with E-state index in [-0.39, 0.29) is 11.4 Å². The number of nitrogen functional groups attached to an aromatic ring is 1. The molecular weight excluding hydrogens is 254 g/mol. The van der Waals surface area contributed by atoms with Gasteiger partial charge in [-0.1, -0.05) is 12.1 Å². The summed E-state index contributed by atoms with van der Waals surface area (Å²) in [5.74, 6) is -0.884.